The number of fused-ring (bicyclic) bond motifs is 1. The summed E-state index contributed by atoms with van der Waals surface area (Å²) in [4.78, 5) is 23.0. The lowest BCUT2D eigenvalue weighted by Gasteiger charge is -2.05. The Hall–Kier alpha value is -2.61. The van der Waals surface area contributed by atoms with Crippen molar-refractivity contribution in [1.29, 1.82) is 5.26 Å². The van der Waals surface area contributed by atoms with E-state index in [9.17, 15) is 14.9 Å². The summed E-state index contributed by atoms with van der Waals surface area (Å²) in [6.07, 6.45) is 0.164. The molecule has 19 heavy (non-hydrogen) atoms. The van der Waals surface area contributed by atoms with E-state index in [1.54, 1.807) is 24.3 Å². The fourth-order valence-electron chi connectivity index (χ4n) is 1.87. The molecule has 0 amide bonds. The second-order valence-corrected chi connectivity index (χ2v) is 3.93. The molecule has 0 unspecified atom stereocenters. The van der Waals surface area contributed by atoms with Crippen LogP contribution in [0.25, 0.3) is 11.0 Å². The van der Waals surface area contributed by atoms with Crippen molar-refractivity contribution < 1.29 is 13.9 Å². The number of hydrogen-bond acceptors (Lipinski definition) is 5. The molecule has 0 aliphatic rings. The number of nitrogens with zero attached hydrogens (tertiary/aromatic N) is 1. The molecule has 5 nitrogen and oxygen atoms in total. The van der Waals surface area contributed by atoms with E-state index in [0.717, 1.165) is 0 Å². The summed E-state index contributed by atoms with van der Waals surface area (Å²) in [7, 11) is 1.27. The van der Waals surface area contributed by atoms with E-state index in [0.29, 0.717) is 11.0 Å². The molecule has 0 aliphatic heterocycles. The Bertz CT molecular complexity index is 724. The number of para-hydroxylation sites is 1. The predicted molar refractivity (Wildman–Crippen MR) is 67.5 cm³/mol. The molecular formula is C14H11NO4. The fourth-order valence-corrected chi connectivity index (χ4v) is 1.87. The molecule has 1 aromatic carbocycles. The first kappa shape index (κ1) is 12.8. The second-order valence-electron chi connectivity index (χ2n) is 3.93. The Balaban J connectivity index is 2.54. The quantitative estimate of drug-likeness (QED) is 0.618. The van der Waals surface area contributed by atoms with Crippen molar-refractivity contribution in [2.24, 2.45) is 0 Å². The van der Waals surface area contributed by atoms with Crippen molar-refractivity contribution in [3.63, 3.8) is 0 Å². The van der Waals surface area contributed by atoms with Gasteiger partial charge in [-0.2, -0.15) is 5.26 Å². The molecule has 2 rings (SSSR count). The molecule has 2 aromatic rings. The molecular weight excluding hydrogens is 246 g/mol. The molecule has 0 bridgehead atoms. The molecule has 5 heteroatoms. The van der Waals surface area contributed by atoms with E-state index in [2.05, 4.69) is 4.74 Å². The summed E-state index contributed by atoms with van der Waals surface area (Å²) >= 11 is 0. The maximum atomic E-state index is 11.8. The second kappa shape index (κ2) is 5.36. The van der Waals surface area contributed by atoms with Gasteiger partial charge in [0.05, 0.1) is 18.2 Å². The maximum Gasteiger partial charge on any atom is 0.340 e. The monoisotopic (exact) mass is 257 g/mol. The van der Waals surface area contributed by atoms with E-state index >= 15 is 0 Å². The van der Waals surface area contributed by atoms with Crippen LogP contribution < -0.4 is 5.63 Å². The molecule has 0 atom stereocenters. The van der Waals surface area contributed by atoms with Crippen LogP contribution >= 0.6 is 0 Å². The van der Waals surface area contributed by atoms with E-state index in [1.807, 2.05) is 6.07 Å². The summed E-state index contributed by atoms with van der Waals surface area (Å²) in [6.45, 7) is 0. The molecule has 1 heterocycles. The summed E-state index contributed by atoms with van der Waals surface area (Å²) < 4.78 is 9.66. The predicted octanol–water partition coefficient (Wildman–Crippen LogP) is 1.77. The molecule has 0 radical (unpaired) electrons. The van der Waals surface area contributed by atoms with Gasteiger partial charge in [-0.3, -0.25) is 4.79 Å². The van der Waals surface area contributed by atoms with E-state index in [1.165, 1.54) is 7.11 Å². The number of ether oxygens (including phenoxy) is 1. The normalized spacial score (nSPS) is 10.1. The highest BCUT2D eigenvalue weighted by atomic mass is 16.5. The largest absolute Gasteiger partial charge is 0.469 e. The van der Waals surface area contributed by atoms with E-state index in [4.69, 9.17) is 4.42 Å². The van der Waals surface area contributed by atoms with Crippen LogP contribution in [0.15, 0.2) is 33.5 Å². The summed E-state index contributed by atoms with van der Waals surface area (Å²) in [6, 6.07) is 8.82. The van der Waals surface area contributed by atoms with E-state index < -0.39 is 11.6 Å². The van der Waals surface area contributed by atoms with Crippen molar-refractivity contribution in [3.05, 3.63) is 45.8 Å². The molecule has 0 N–H and O–H groups in total. The molecule has 0 fully saturated rings. The van der Waals surface area contributed by atoms with Crippen LogP contribution in [0.1, 0.15) is 17.5 Å². The van der Waals surface area contributed by atoms with Crippen molar-refractivity contribution >= 4 is 16.9 Å². The number of benzene rings is 1. The Labute approximate surface area is 109 Å². The van der Waals surface area contributed by atoms with Gasteiger partial charge in [0.1, 0.15) is 11.7 Å². The number of methoxy groups -OCH3 is 1. The van der Waals surface area contributed by atoms with Crippen LogP contribution in [-0.4, -0.2) is 13.1 Å². The minimum absolute atomic E-state index is 0.0360. The van der Waals surface area contributed by atoms with Gasteiger partial charge in [0.15, 0.2) is 0 Å². The standard InChI is InChI=1S/C14H11NO4/c1-18-13(16)7-6-10-11(8-15)9-4-2-3-5-12(9)19-14(10)17/h2-5H,6-7H2,1H3. The average Bonchev–Trinajstić information content (AvgIpc) is 2.44. The van der Waals surface area contributed by atoms with Gasteiger partial charge in [-0.25, -0.2) is 4.79 Å². The van der Waals surface area contributed by atoms with Gasteiger partial charge >= 0.3 is 11.6 Å². The van der Waals surface area contributed by atoms with Crippen LogP contribution in [0.3, 0.4) is 0 Å². The maximum absolute atomic E-state index is 11.8. The number of hydrogen-bond donors (Lipinski definition) is 0. The third-order valence-electron chi connectivity index (χ3n) is 2.83. The molecule has 96 valence electrons. The Kier molecular flexibility index (Phi) is 3.62. The van der Waals surface area contributed by atoms with Crippen molar-refractivity contribution in [1.82, 2.24) is 0 Å². The van der Waals surface area contributed by atoms with Gasteiger partial charge in [0, 0.05) is 11.8 Å². The van der Waals surface area contributed by atoms with Crippen LogP contribution in [0.2, 0.25) is 0 Å². The fraction of sp³-hybridized carbons (Fsp3) is 0.214. The van der Waals surface area contributed by atoms with Crippen LogP contribution in [0.5, 0.6) is 0 Å². The lowest BCUT2D eigenvalue weighted by Crippen LogP contribution is -2.13. The van der Waals surface area contributed by atoms with Gasteiger partial charge in [0.25, 0.3) is 0 Å². The summed E-state index contributed by atoms with van der Waals surface area (Å²) in [5.41, 5.74) is 0.257. The van der Waals surface area contributed by atoms with Crippen LogP contribution in [0, 0.1) is 11.3 Å². The lowest BCUT2D eigenvalue weighted by atomic mass is 10.0. The minimum Gasteiger partial charge on any atom is -0.469 e. The van der Waals surface area contributed by atoms with Crippen LogP contribution in [-0.2, 0) is 16.0 Å². The lowest BCUT2D eigenvalue weighted by molar-refractivity contribution is -0.140. The molecule has 0 saturated heterocycles. The van der Waals surface area contributed by atoms with Crippen molar-refractivity contribution in [2.45, 2.75) is 12.8 Å². The molecule has 0 saturated carbocycles. The smallest absolute Gasteiger partial charge is 0.340 e. The number of esters is 1. The van der Waals surface area contributed by atoms with Gasteiger partial charge in [0.2, 0.25) is 0 Å². The average molecular weight is 257 g/mol. The van der Waals surface area contributed by atoms with Gasteiger partial charge in [-0.1, -0.05) is 12.1 Å². The Morgan fingerprint density at radius 1 is 1.42 bits per heavy atom. The summed E-state index contributed by atoms with van der Waals surface area (Å²) in [5, 5.41) is 9.79. The SMILES string of the molecule is COC(=O)CCc1c(C#N)c2ccccc2oc1=O. The van der Waals surface area contributed by atoms with Gasteiger partial charge in [-0.15, -0.1) is 0 Å². The number of carbonyl (C=O) groups is 1. The Morgan fingerprint density at radius 3 is 2.84 bits per heavy atom. The van der Waals surface area contributed by atoms with Gasteiger partial charge < -0.3 is 9.15 Å². The topological polar surface area (TPSA) is 80.3 Å². The first-order valence-corrected chi connectivity index (χ1v) is 5.69. The number of nitriles is 1. The molecule has 0 aliphatic carbocycles. The van der Waals surface area contributed by atoms with Crippen molar-refractivity contribution in [3.8, 4) is 6.07 Å². The molecule has 1 aromatic heterocycles. The highest BCUT2D eigenvalue weighted by Gasteiger charge is 2.15. The number of rotatable bonds is 3. The number of carbonyl (C=O) groups excluding carboxylic acids is 1. The third-order valence-corrected chi connectivity index (χ3v) is 2.83. The molecule has 0 spiro atoms. The first-order chi connectivity index (χ1) is 9.17. The van der Waals surface area contributed by atoms with E-state index in [-0.39, 0.29) is 24.0 Å². The minimum atomic E-state index is -0.584. The Morgan fingerprint density at radius 2 is 2.16 bits per heavy atom. The zero-order chi connectivity index (χ0) is 13.8. The first-order valence-electron chi connectivity index (χ1n) is 5.69. The highest BCUT2D eigenvalue weighted by molar-refractivity contribution is 5.84. The van der Waals surface area contributed by atoms with Crippen molar-refractivity contribution in [2.75, 3.05) is 7.11 Å². The third kappa shape index (κ3) is 2.47. The highest BCUT2D eigenvalue weighted by Crippen LogP contribution is 2.19. The zero-order valence-electron chi connectivity index (χ0n) is 10.3. The van der Waals surface area contributed by atoms with Gasteiger partial charge in [-0.05, 0) is 18.6 Å². The summed E-state index contributed by atoms with van der Waals surface area (Å²) in [5.74, 6) is -0.434. The van der Waals surface area contributed by atoms with Crippen LogP contribution in [0.4, 0.5) is 0 Å². The zero-order valence-corrected chi connectivity index (χ0v) is 10.3.